The van der Waals surface area contributed by atoms with Gasteiger partial charge in [0.05, 0.1) is 5.92 Å². The van der Waals surface area contributed by atoms with Crippen molar-refractivity contribution in [3.63, 3.8) is 0 Å². The van der Waals surface area contributed by atoms with E-state index in [9.17, 15) is 4.79 Å². The minimum atomic E-state index is -0.615. The summed E-state index contributed by atoms with van der Waals surface area (Å²) in [5.74, 6) is 0.400. The molecule has 3 atom stereocenters. The molecule has 2 rings (SSSR count). The number of nitrogens with one attached hydrogen (secondary N) is 1. The van der Waals surface area contributed by atoms with Crippen molar-refractivity contribution < 1.29 is 9.90 Å². The molecule has 3 nitrogen and oxygen atoms in total. The van der Waals surface area contributed by atoms with Crippen LogP contribution in [0, 0.1) is 17.8 Å². The van der Waals surface area contributed by atoms with E-state index in [1.165, 1.54) is 12.8 Å². The van der Waals surface area contributed by atoms with E-state index < -0.39 is 5.97 Å². The zero-order valence-corrected chi connectivity index (χ0v) is 7.99. The van der Waals surface area contributed by atoms with Gasteiger partial charge in [0.25, 0.3) is 0 Å². The van der Waals surface area contributed by atoms with Gasteiger partial charge >= 0.3 is 5.97 Å². The van der Waals surface area contributed by atoms with Crippen LogP contribution in [-0.4, -0.2) is 23.7 Å². The van der Waals surface area contributed by atoms with Crippen molar-refractivity contribution in [2.75, 3.05) is 6.54 Å². The predicted octanol–water partition coefficient (Wildman–Crippen LogP) is 1.10. The van der Waals surface area contributed by atoms with Crippen LogP contribution in [-0.2, 0) is 4.79 Å². The second-order valence-electron chi connectivity index (χ2n) is 4.56. The third-order valence-corrected chi connectivity index (χ3v) is 3.24. The largest absolute Gasteiger partial charge is 0.481 e. The van der Waals surface area contributed by atoms with Crippen molar-refractivity contribution in [2.24, 2.45) is 17.8 Å². The van der Waals surface area contributed by atoms with Crippen LogP contribution in [0.4, 0.5) is 0 Å². The summed E-state index contributed by atoms with van der Waals surface area (Å²) in [4.78, 5) is 11.0. The van der Waals surface area contributed by atoms with E-state index in [0.717, 1.165) is 13.0 Å². The summed E-state index contributed by atoms with van der Waals surface area (Å²) in [5, 5.41) is 12.4. The molecule has 0 radical (unpaired) electrons. The molecule has 1 heterocycles. The predicted molar refractivity (Wildman–Crippen MR) is 49.4 cm³/mol. The lowest BCUT2D eigenvalue weighted by molar-refractivity contribution is -0.144. The van der Waals surface area contributed by atoms with Gasteiger partial charge in [0.15, 0.2) is 0 Å². The zero-order valence-electron chi connectivity index (χ0n) is 7.99. The minimum Gasteiger partial charge on any atom is -0.481 e. The molecule has 1 aliphatic carbocycles. The zero-order chi connectivity index (χ0) is 9.42. The molecule has 13 heavy (non-hydrogen) atoms. The number of carboxylic acid groups (broad SMARTS) is 1. The molecule has 1 aliphatic heterocycles. The van der Waals surface area contributed by atoms with Crippen LogP contribution in [0.25, 0.3) is 0 Å². The van der Waals surface area contributed by atoms with E-state index >= 15 is 0 Å². The Morgan fingerprint density at radius 1 is 1.46 bits per heavy atom. The van der Waals surface area contributed by atoms with Crippen LogP contribution in [0.15, 0.2) is 0 Å². The number of piperidine rings is 1. The standard InChI is InChI=1S/C10H17NO2/c1-6-4-8(10(12)13)9(11-5-6)7-2-3-7/h6-9,11H,2-5H2,1H3,(H,12,13). The second kappa shape index (κ2) is 3.29. The average molecular weight is 183 g/mol. The van der Waals surface area contributed by atoms with Crippen LogP contribution in [0.5, 0.6) is 0 Å². The van der Waals surface area contributed by atoms with Gasteiger partial charge in [-0.05, 0) is 37.6 Å². The maximum Gasteiger partial charge on any atom is 0.308 e. The van der Waals surface area contributed by atoms with Gasteiger partial charge in [-0.3, -0.25) is 4.79 Å². The van der Waals surface area contributed by atoms with Gasteiger partial charge in [-0.2, -0.15) is 0 Å². The maximum atomic E-state index is 11.0. The molecule has 0 bridgehead atoms. The lowest BCUT2D eigenvalue weighted by Crippen LogP contribution is -2.49. The molecule has 1 saturated carbocycles. The fraction of sp³-hybridized carbons (Fsp3) is 0.900. The highest BCUT2D eigenvalue weighted by molar-refractivity contribution is 5.71. The molecule has 2 aliphatic rings. The fourth-order valence-corrected chi connectivity index (χ4v) is 2.35. The summed E-state index contributed by atoms with van der Waals surface area (Å²) in [6.45, 7) is 3.11. The molecule has 0 aromatic carbocycles. The molecule has 0 aromatic rings. The Bertz CT molecular complexity index is 213. The quantitative estimate of drug-likeness (QED) is 0.674. The average Bonchev–Trinajstić information content (AvgIpc) is 2.87. The molecule has 3 heteroatoms. The molecule has 2 fully saturated rings. The molecule has 1 saturated heterocycles. The summed E-state index contributed by atoms with van der Waals surface area (Å²) in [7, 11) is 0. The van der Waals surface area contributed by atoms with Gasteiger partial charge in [-0.25, -0.2) is 0 Å². The molecular formula is C10H17NO2. The van der Waals surface area contributed by atoms with Gasteiger partial charge in [-0.15, -0.1) is 0 Å². The molecule has 74 valence electrons. The first kappa shape index (κ1) is 9.00. The number of aliphatic carboxylic acids is 1. The fourth-order valence-electron chi connectivity index (χ4n) is 2.35. The minimum absolute atomic E-state index is 0.142. The smallest absolute Gasteiger partial charge is 0.308 e. The van der Waals surface area contributed by atoms with Gasteiger partial charge < -0.3 is 10.4 Å². The Morgan fingerprint density at radius 2 is 2.15 bits per heavy atom. The van der Waals surface area contributed by atoms with Crippen molar-refractivity contribution in [2.45, 2.75) is 32.2 Å². The molecule has 2 N–H and O–H groups in total. The highest BCUT2D eigenvalue weighted by Crippen LogP contribution is 2.39. The highest BCUT2D eigenvalue weighted by atomic mass is 16.4. The van der Waals surface area contributed by atoms with Crippen molar-refractivity contribution in [3.05, 3.63) is 0 Å². The van der Waals surface area contributed by atoms with Crippen LogP contribution in [0.2, 0.25) is 0 Å². The number of rotatable bonds is 2. The summed E-state index contributed by atoms with van der Waals surface area (Å²) in [6, 6.07) is 0.258. The summed E-state index contributed by atoms with van der Waals surface area (Å²) in [6.07, 6.45) is 3.29. The van der Waals surface area contributed by atoms with Gasteiger partial charge in [-0.1, -0.05) is 6.92 Å². The van der Waals surface area contributed by atoms with Crippen molar-refractivity contribution in [1.29, 1.82) is 0 Å². The topological polar surface area (TPSA) is 49.3 Å². The third kappa shape index (κ3) is 1.85. The summed E-state index contributed by atoms with van der Waals surface area (Å²) < 4.78 is 0. The Morgan fingerprint density at radius 3 is 2.69 bits per heavy atom. The SMILES string of the molecule is CC1CNC(C2CC2)C(C(=O)O)C1. The van der Waals surface area contributed by atoms with Crippen molar-refractivity contribution in [1.82, 2.24) is 5.32 Å². The summed E-state index contributed by atoms with van der Waals surface area (Å²) >= 11 is 0. The van der Waals surface area contributed by atoms with E-state index in [2.05, 4.69) is 12.2 Å². The Hall–Kier alpha value is -0.570. The van der Waals surface area contributed by atoms with Crippen LogP contribution < -0.4 is 5.32 Å². The Kier molecular flexibility index (Phi) is 2.28. The summed E-state index contributed by atoms with van der Waals surface area (Å²) in [5.41, 5.74) is 0. The normalized spacial score (nSPS) is 40.2. The molecule has 0 spiro atoms. The first-order valence-electron chi connectivity index (χ1n) is 5.14. The first-order chi connectivity index (χ1) is 6.18. The second-order valence-corrected chi connectivity index (χ2v) is 4.56. The molecule has 0 aromatic heterocycles. The van der Waals surface area contributed by atoms with Gasteiger partial charge in [0.1, 0.15) is 0 Å². The Labute approximate surface area is 78.5 Å². The van der Waals surface area contributed by atoms with E-state index in [-0.39, 0.29) is 12.0 Å². The van der Waals surface area contributed by atoms with Crippen LogP contribution in [0.1, 0.15) is 26.2 Å². The monoisotopic (exact) mass is 183 g/mol. The highest BCUT2D eigenvalue weighted by Gasteiger charge is 2.42. The molecular weight excluding hydrogens is 166 g/mol. The van der Waals surface area contributed by atoms with Crippen molar-refractivity contribution >= 4 is 5.97 Å². The van der Waals surface area contributed by atoms with Crippen molar-refractivity contribution in [3.8, 4) is 0 Å². The lowest BCUT2D eigenvalue weighted by Gasteiger charge is -2.33. The van der Waals surface area contributed by atoms with E-state index in [1.807, 2.05) is 0 Å². The van der Waals surface area contributed by atoms with Crippen LogP contribution in [0.3, 0.4) is 0 Å². The van der Waals surface area contributed by atoms with Gasteiger partial charge in [0, 0.05) is 6.04 Å². The number of carbonyl (C=O) groups is 1. The Balaban J connectivity index is 2.02. The molecule has 3 unspecified atom stereocenters. The van der Waals surface area contributed by atoms with E-state index in [4.69, 9.17) is 5.11 Å². The third-order valence-electron chi connectivity index (χ3n) is 3.24. The van der Waals surface area contributed by atoms with E-state index in [0.29, 0.717) is 11.8 Å². The maximum absolute atomic E-state index is 11.0. The lowest BCUT2D eigenvalue weighted by atomic mass is 9.83. The first-order valence-corrected chi connectivity index (χ1v) is 5.14. The van der Waals surface area contributed by atoms with Gasteiger partial charge in [0.2, 0.25) is 0 Å². The van der Waals surface area contributed by atoms with E-state index in [1.54, 1.807) is 0 Å². The van der Waals surface area contributed by atoms with Crippen LogP contribution >= 0.6 is 0 Å². The number of hydrogen-bond donors (Lipinski definition) is 2. The number of hydrogen-bond acceptors (Lipinski definition) is 2. The molecule has 0 amide bonds. The number of carboxylic acids is 1.